The standard InChI is InChI=1S/C15H19NOS/c1-2-15(12-5-7-13(17)8-6-12)16-10-9-14-4-3-11-18-14/h3-8,11,15-17H,2,9-10H2,1H3. The van der Waals surface area contributed by atoms with E-state index >= 15 is 0 Å². The highest BCUT2D eigenvalue weighted by Crippen LogP contribution is 2.19. The summed E-state index contributed by atoms with van der Waals surface area (Å²) in [6.45, 7) is 3.16. The van der Waals surface area contributed by atoms with Crippen LogP contribution in [0.1, 0.15) is 29.8 Å². The van der Waals surface area contributed by atoms with Gasteiger partial charge in [-0.3, -0.25) is 0 Å². The van der Waals surface area contributed by atoms with Crippen molar-refractivity contribution in [1.82, 2.24) is 5.32 Å². The Hall–Kier alpha value is -1.32. The smallest absolute Gasteiger partial charge is 0.115 e. The van der Waals surface area contributed by atoms with Gasteiger partial charge in [0.2, 0.25) is 0 Å². The first kappa shape index (κ1) is 13.1. The van der Waals surface area contributed by atoms with Crippen molar-refractivity contribution in [3.63, 3.8) is 0 Å². The Labute approximate surface area is 112 Å². The molecule has 0 aliphatic carbocycles. The van der Waals surface area contributed by atoms with Gasteiger partial charge < -0.3 is 10.4 Å². The summed E-state index contributed by atoms with van der Waals surface area (Å²) in [7, 11) is 0. The van der Waals surface area contributed by atoms with Crippen molar-refractivity contribution < 1.29 is 5.11 Å². The zero-order chi connectivity index (χ0) is 12.8. The fraction of sp³-hybridized carbons (Fsp3) is 0.333. The van der Waals surface area contributed by atoms with Crippen LogP contribution in [0.5, 0.6) is 5.75 Å². The second kappa shape index (κ2) is 6.57. The average molecular weight is 261 g/mol. The van der Waals surface area contributed by atoms with E-state index in [0.29, 0.717) is 11.8 Å². The fourth-order valence-electron chi connectivity index (χ4n) is 2.03. The monoisotopic (exact) mass is 261 g/mol. The van der Waals surface area contributed by atoms with Crippen molar-refractivity contribution in [2.75, 3.05) is 6.54 Å². The van der Waals surface area contributed by atoms with E-state index in [9.17, 15) is 5.11 Å². The molecule has 0 aliphatic rings. The zero-order valence-corrected chi connectivity index (χ0v) is 11.4. The first-order valence-corrected chi connectivity index (χ1v) is 7.22. The van der Waals surface area contributed by atoms with E-state index < -0.39 is 0 Å². The quantitative estimate of drug-likeness (QED) is 0.830. The van der Waals surface area contributed by atoms with E-state index in [0.717, 1.165) is 19.4 Å². The number of phenolic OH excluding ortho intramolecular Hbond substituents is 1. The number of thiophene rings is 1. The second-order valence-corrected chi connectivity index (χ2v) is 5.37. The van der Waals surface area contributed by atoms with Crippen LogP contribution in [0.15, 0.2) is 41.8 Å². The van der Waals surface area contributed by atoms with E-state index in [4.69, 9.17) is 0 Å². The molecule has 0 spiro atoms. The summed E-state index contributed by atoms with van der Waals surface area (Å²) in [6, 6.07) is 12.1. The molecule has 0 bridgehead atoms. The first-order valence-electron chi connectivity index (χ1n) is 6.34. The summed E-state index contributed by atoms with van der Waals surface area (Å²) in [5.74, 6) is 0.326. The maximum atomic E-state index is 9.29. The Bertz CT molecular complexity index is 450. The van der Waals surface area contributed by atoms with E-state index in [1.807, 2.05) is 12.1 Å². The van der Waals surface area contributed by atoms with Crippen LogP contribution in [0.2, 0.25) is 0 Å². The lowest BCUT2D eigenvalue weighted by molar-refractivity contribution is 0.473. The molecule has 2 nitrogen and oxygen atoms in total. The van der Waals surface area contributed by atoms with Gasteiger partial charge in [0, 0.05) is 17.5 Å². The van der Waals surface area contributed by atoms with E-state index in [1.54, 1.807) is 23.5 Å². The maximum absolute atomic E-state index is 9.29. The molecule has 0 aliphatic heterocycles. The van der Waals surface area contributed by atoms with E-state index in [-0.39, 0.29) is 0 Å². The van der Waals surface area contributed by atoms with Gasteiger partial charge in [-0.15, -0.1) is 11.3 Å². The van der Waals surface area contributed by atoms with Crippen LogP contribution in [-0.4, -0.2) is 11.7 Å². The Morgan fingerprint density at radius 2 is 2.00 bits per heavy atom. The summed E-state index contributed by atoms with van der Waals surface area (Å²) in [5.41, 5.74) is 1.24. The van der Waals surface area contributed by atoms with Gasteiger partial charge in [-0.25, -0.2) is 0 Å². The minimum atomic E-state index is 0.326. The van der Waals surface area contributed by atoms with Crippen molar-refractivity contribution in [3.05, 3.63) is 52.2 Å². The summed E-state index contributed by atoms with van der Waals surface area (Å²) in [6.07, 6.45) is 2.13. The minimum Gasteiger partial charge on any atom is -0.508 e. The molecule has 1 aromatic heterocycles. The number of phenols is 1. The van der Waals surface area contributed by atoms with Gasteiger partial charge in [0.1, 0.15) is 5.75 Å². The number of aromatic hydroxyl groups is 1. The molecule has 0 saturated heterocycles. The number of hydrogen-bond donors (Lipinski definition) is 2. The maximum Gasteiger partial charge on any atom is 0.115 e. The molecule has 1 atom stereocenters. The third-order valence-electron chi connectivity index (χ3n) is 3.05. The second-order valence-electron chi connectivity index (χ2n) is 4.34. The van der Waals surface area contributed by atoms with Crippen LogP contribution in [-0.2, 0) is 6.42 Å². The van der Waals surface area contributed by atoms with Crippen molar-refractivity contribution in [2.24, 2.45) is 0 Å². The molecule has 96 valence electrons. The van der Waals surface area contributed by atoms with Gasteiger partial charge in [0.05, 0.1) is 0 Å². The number of hydrogen-bond acceptors (Lipinski definition) is 3. The molecule has 0 fully saturated rings. The SMILES string of the molecule is CCC(NCCc1cccs1)c1ccc(O)cc1. The minimum absolute atomic E-state index is 0.326. The largest absolute Gasteiger partial charge is 0.508 e. The third kappa shape index (κ3) is 3.59. The van der Waals surface area contributed by atoms with Crippen LogP contribution in [0.3, 0.4) is 0 Å². The molecule has 1 aromatic carbocycles. The molecular formula is C15H19NOS. The topological polar surface area (TPSA) is 32.3 Å². The molecule has 0 radical (unpaired) electrons. The van der Waals surface area contributed by atoms with Gasteiger partial charge in [0.15, 0.2) is 0 Å². The molecule has 0 amide bonds. The molecule has 2 aromatic rings. The van der Waals surface area contributed by atoms with Crippen molar-refractivity contribution in [1.29, 1.82) is 0 Å². The highest BCUT2D eigenvalue weighted by Gasteiger charge is 2.08. The number of nitrogens with one attached hydrogen (secondary N) is 1. The lowest BCUT2D eigenvalue weighted by Crippen LogP contribution is -2.22. The number of benzene rings is 1. The van der Waals surface area contributed by atoms with Gasteiger partial charge in [0.25, 0.3) is 0 Å². The summed E-state index contributed by atoms with van der Waals surface area (Å²) < 4.78 is 0. The van der Waals surface area contributed by atoms with Gasteiger partial charge >= 0.3 is 0 Å². The number of rotatable bonds is 6. The lowest BCUT2D eigenvalue weighted by atomic mass is 10.0. The predicted octanol–water partition coefficient (Wildman–Crippen LogP) is 3.74. The lowest BCUT2D eigenvalue weighted by Gasteiger charge is -2.17. The van der Waals surface area contributed by atoms with Crippen molar-refractivity contribution >= 4 is 11.3 Å². The molecule has 1 heterocycles. The van der Waals surface area contributed by atoms with Gasteiger partial charge in [-0.05, 0) is 42.0 Å². The first-order chi connectivity index (χ1) is 8.79. The zero-order valence-electron chi connectivity index (χ0n) is 10.6. The third-order valence-corrected chi connectivity index (χ3v) is 3.98. The molecule has 2 rings (SSSR count). The van der Waals surface area contributed by atoms with E-state index in [2.05, 4.69) is 29.8 Å². The average Bonchev–Trinajstić information content (AvgIpc) is 2.89. The van der Waals surface area contributed by atoms with Crippen molar-refractivity contribution in [3.8, 4) is 5.75 Å². The van der Waals surface area contributed by atoms with Crippen LogP contribution in [0, 0.1) is 0 Å². The Balaban J connectivity index is 1.87. The molecule has 18 heavy (non-hydrogen) atoms. The van der Waals surface area contributed by atoms with Crippen LogP contribution in [0.4, 0.5) is 0 Å². The molecule has 3 heteroatoms. The highest BCUT2D eigenvalue weighted by atomic mass is 32.1. The van der Waals surface area contributed by atoms with Crippen molar-refractivity contribution in [2.45, 2.75) is 25.8 Å². The van der Waals surface area contributed by atoms with Crippen LogP contribution < -0.4 is 5.32 Å². The van der Waals surface area contributed by atoms with Crippen LogP contribution >= 0.6 is 11.3 Å². The molecular weight excluding hydrogens is 242 g/mol. The molecule has 1 unspecified atom stereocenters. The fourth-order valence-corrected chi connectivity index (χ4v) is 2.74. The van der Waals surface area contributed by atoms with Gasteiger partial charge in [-0.1, -0.05) is 25.1 Å². The predicted molar refractivity (Wildman–Crippen MR) is 77.2 cm³/mol. The highest BCUT2D eigenvalue weighted by molar-refractivity contribution is 7.09. The summed E-state index contributed by atoms with van der Waals surface area (Å²) in [4.78, 5) is 1.42. The Kier molecular flexibility index (Phi) is 4.79. The van der Waals surface area contributed by atoms with Gasteiger partial charge in [-0.2, -0.15) is 0 Å². The molecule has 2 N–H and O–H groups in total. The Morgan fingerprint density at radius 3 is 2.61 bits per heavy atom. The van der Waals surface area contributed by atoms with Crippen LogP contribution in [0.25, 0.3) is 0 Å². The Morgan fingerprint density at radius 1 is 1.22 bits per heavy atom. The van der Waals surface area contributed by atoms with E-state index in [1.165, 1.54) is 10.4 Å². The normalized spacial score (nSPS) is 12.5. The summed E-state index contributed by atoms with van der Waals surface area (Å²) in [5, 5.41) is 15.0. The summed E-state index contributed by atoms with van der Waals surface area (Å²) >= 11 is 1.81. The molecule has 0 saturated carbocycles.